The van der Waals surface area contributed by atoms with E-state index in [0.717, 1.165) is 0 Å². The molecular formula is C13H15ClN2O5. The largest absolute Gasteiger partial charge is 0.478 e. The molecule has 0 heterocycles. The average Bonchev–Trinajstić information content (AvgIpc) is 2.38. The summed E-state index contributed by atoms with van der Waals surface area (Å²) in [5.41, 5.74) is 0.295. The third kappa shape index (κ3) is 5.70. The number of esters is 1. The first-order chi connectivity index (χ1) is 9.93. The Morgan fingerprint density at radius 3 is 2.62 bits per heavy atom. The smallest absolute Gasteiger partial charge is 0.337 e. The summed E-state index contributed by atoms with van der Waals surface area (Å²) < 4.78 is 4.71. The second-order valence-electron chi connectivity index (χ2n) is 3.94. The molecule has 0 aromatic heterocycles. The number of hydrogen-bond donors (Lipinski definition) is 3. The minimum absolute atomic E-state index is 0.0202. The Balaban J connectivity index is 2.46. The zero-order valence-corrected chi connectivity index (χ0v) is 12.1. The van der Waals surface area contributed by atoms with E-state index in [0.29, 0.717) is 12.3 Å². The van der Waals surface area contributed by atoms with Crippen molar-refractivity contribution in [3.63, 3.8) is 0 Å². The Labute approximate surface area is 126 Å². The number of hydrogen-bond acceptors (Lipinski definition) is 4. The van der Waals surface area contributed by atoms with E-state index in [1.807, 2.05) is 0 Å². The quantitative estimate of drug-likeness (QED) is 0.697. The maximum Gasteiger partial charge on any atom is 0.337 e. The van der Waals surface area contributed by atoms with Gasteiger partial charge in [0.25, 0.3) is 0 Å². The summed E-state index contributed by atoms with van der Waals surface area (Å²) in [5, 5.41) is 13.8. The van der Waals surface area contributed by atoms with Crippen LogP contribution in [0.3, 0.4) is 0 Å². The minimum atomic E-state index is -1.15. The van der Waals surface area contributed by atoms with Crippen molar-refractivity contribution in [2.75, 3.05) is 18.5 Å². The molecule has 0 aliphatic carbocycles. The van der Waals surface area contributed by atoms with Gasteiger partial charge < -0.3 is 20.5 Å². The molecule has 7 nitrogen and oxygen atoms in total. The molecule has 0 spiro atoms. The second-order valence-corrected chi connectivity index (χ2v) is 4.34. The molecule has 114 valence electrons. The van der Waals surface area contributed by atoms with Crippen molar-refractivity contribution in [2.45, 2.75) is 13.3 Å². The molecular weight excluding hydrogens is 300 g/mol. The van der Waals surface area contributed by atoms with Gasteiger partial charge in [-0.2, -0.15) is 0 Å². The molecule has 0 saturated heterocycles. The number of aromatic carboxylic acids is 1. The van der Waals surface area contributed by atoms with Gasteiger partial charge in [0.15, 0.2) is 0 Å². The van der Waals surface area contributed by atoms with Gasteiger partial charge in [0, 0.05) is 12.2 Å². The number of carbonyl (C=O) groups is 3. The summed E-state index contributed by atoms with van der Waals surface area (Å²) in [6.07, 6.45) is 0.0694. The fourth-order valence-corrected chi connectivity index (χ4v) is 1.71. The zero-order valence-electron chi connectivity index (χ0n) is 11.3. The number of ether oxygens (including phenoxy) is 1. The molecule has 3 N–H and O–H groups in total. The first-order valence-corrected chi connectivity index (χ1v) is 6.55. The maximum atomic E-state index is 11.5. The molecule has 0 aliphatic heterocycles. The summed E-state index contributed by atoms with van der Waals surface area (Å²) in [7, 11) is 0. The highest BCUT2D eigenvalue weighted by Gasteiger charge is 2.10. The summed E-state index contributed by atoms with van der Waals surface area (Å²) >= 11 is 5.77. The number of halogens is 1. The predicted molar refractivity (Wildman–Crippen MR) is 76.7 cm³/mol. The van der Waals surface area contributed by atoms with Gasteiger partial charge in [0.05, 0.1) is 23.6 Å². The van der Waals surface area contributed by atoms with Crippen LogP contribution in [0.15, 0.2) is 18.2 Å². The monoisotopic (exact) mass is 314 g/mol. The second kappa shape index (κ2) is 8.11. The molecule has 21 heavy (non-hydrogen) atoms. The van der Waals surface area contributed by atoms with Crippen molar-refractivity contribution in [3.8, 4) is 0 Å². The van der Waals surface area contributed by atoms with Crippen LogP contribution in [0.1, 0.15) is 23.7 Å². The van der Waals surface area contributed by atoms with Crippen LogP contribution in [0.25, 0.3) is 0 Å². The van der Waals surface area contributed by atoms with Crippen molar-refractivity contribution >= 4 is 35.3 Å². The summed E-state index contributed by atoms with van der Waals surface area (Å²) in [5.74, 6) is -1.54. The van der Waals surface area contributed by atoms with E-state index in [4.69, 9.17) is 21.4 Å². The molecule has 0 atom stereocenters. The highest BCUT2D eigenvalue weighted by atomic mass is 35.5. The van der Waals surface area contributed by atoms with E-state index >= 15 is 0 Å². The lowest BCUT2D eigenvalue weighted by Gasteiger charge is -2.08. The van der Waals surface area contributed by atoms with Crippen LogP contribution in [0.5, 0.6) is 0 Å². The summed E-state index contributed by atoms with van der Waals surface area (Å²) in [4.78, 5) is 33.4. The molecule has 8 heteroatoms. The van der Waals surface area contributed by atoms with Crippen molar-refractivity contribution < 1.29 is 24.2 Å². The van der Waals surface area contributed by atoms with Gasteiger partial charge >= 0.3 is 18.0 Å². The zero-order chi connectivity index (χ0) is 15.8. The lowest BCUT2D eigenvalue weighted by molar-refractivity contribution is -0.142. The Kier molecular flexibility index (Phi) is 6.48. The van der Waals surface area contributed by atoms with Gasteiger partial charge in [0.1, 0.15) is 0 Å². The van der Waals surface area contributed by atoms with Crippen LogP contribution in [0.4, 0.5) is 10.5 Å². The normalized spacial score (nSPS) is 9.81. The van der Waals surface area contributed by atoms with E-state index in [9.17, 15) is 14.4 Å². The van der Waals surface area contributed by atoms with Crippen LogP contribution in [-0.4, -0.2) is 36.2 Å². The van der Waals surface area contributed by atoms with E-state index in [1.54, 1.807) is 6.92 Å². The fraction of sp³-hybridized carbons (Fsp3) is 0.308. The van der Waals surface area contributed by atoms with Gasteiger partial charge in [-0.05, 0) is 25.1 Å². The summed E-state index contributed by atoms with van der Waals surface area (Å²) in [6, 6.07) is 3.51. The highest BCUT2D eigenvalue weighted by molar-refractivity contribution is 6.33. The fourth-order valence-electron chi connectivity index (χ4n) is 1.45. The first-order valence-electron chi connectivity index (χ1n) is 6.17. The molecule has 0 unspecified atom stereocenters. The van der Waals surface area contributed by atoms with Crippen molar-refractivity contribution in [2.24, 2.45) is 0 Å². The lowest BCUT2D eigenvalue weighted by atomic mass is 10.2. The van der Waals surface area contributed by atoms with Gasteiger partial charge in [-0.3, -0.25) is 4.79 Å². The average molecular weight is 315 g/mol. The maximum absolute atomic E-state index is 11.5. The third-order valence-corrected chi connectivity index (χ3v) is 2.69. The Bertz CT molecular complexity index is 547. The lowest BCUT2D eigenvalue weighted by Crippen LogP contribution is -2.30. The van der Waals surface area contributed by atoms with Crippen LogP contribution < -0.4 is 10.6 Å². The van der Waals surface area contributed by atoms with Crippen LogP contribution in [0, 0.1) is 0 Å². The molecule has 1 aromatic carbocycles. The van der Waals surface area contributed by atoms with Gasteiger partial charge in [-0.25, -0.2) is 9.59 Å². The number of carboxylic acids is 1. The van der Waals surface area contributed by atoms with E-state index < -0.39 is 18.0 Å². The molecule has 0 aliphatic rings. The Hall–Kier alpha value is -2.28. The van der Waals surface area contributed by atoms with Crippen LogP contribution in [0.2, 0.25) is 5.02 Å². The Morgan fingerprint density at radius 1 is 1.33 bits per heavy atom. The predicted octanol–water partition coefficient (Wildman–Crippen LogP) is 2.11. The number of benzene rings is 1. The number of anilines is 1. The minimum Gasteiger partial charge on any atom is -0.478 e. The van der Waals surface area contributed by atoms with E-state index in [2.05, 4.69) is 10.6 Å². The molecule has 2 amide bonds. The SMILES string of the molecule is CCOC(=O)CCNC(=O)Nc1ccc(C(=O)O)c(Cl)c1. The molecule has 1 rings (SSSR count). The molecule has 0 bridgehead atoms. The van der Waals surface area contributed by atoms with Crippen molar-refractivity contribution in [1.82, 2.24) is 5.32 Å². The number of nitrogens with one attached hydrogen (secondary N) is 2. The van der Waals surface area contributed by atoms with Gasteiger partial charge in [-0.15, -0.1) is 0 Å². The van der Waals surface area contributed by atoms with Crippen LogP contribution >= 0.6 is 11.6 Å². The topological polar surface area (TPSA) is 105 Å². The molecule has 1 aromatic rings. The standard InChI is InChI=1S/C13H15ClN2O5/c1-2-21-11(17)5-6-15-13(20)16-8-3-4-9(12(18)19)10(14)7-8/h3-4,7H,2,5-6H2,1H3,(H,18,19)(H2,15,16,20). The summed E-state index contributed by atoms with van der Waals surface area (Å²) in [6.45, 7) is 2.12. The first kappa shape index (κ1) is 16.8. The molecule has 0 radical (unpaired) electrons. The van der Waals surface area contributed by atoms with Gasteiger partial charge in [-0.1, -0.05) is 11.6 Å². The number of rotatable bonds is 6. The van der Waals surface area contributed by atoms with Crippen LogP contribution in [-0.2, 0) is 9.53 Å². The number of amides is 2. The van der Waals surface area contributed by atoms with E-state index in [-0.39, 0.29) is 23.6 Å². The van der Waals surface area contributed by atoms with Crippen molar-refractivity contribution in [3.05, 3.63) is 28.8 Å². The highest BCUT2D eigenvalue weighted by Crippen LogP contribution is 2.20. The Morgan fingerprint density at radius 2 is 2.05 bits per heavy atom. The third-order valence-electron chi connectivity index (χ3n) is 2.38. The number of urea groups is 1. The molecule has 0 fully saturated rings. The van der Waals surface area contributed by atoms with Gasteiger partial charge in [0.2, 0.25) is 0 Å². The number of carboxylic acid groups (broad SMARTS) is 1. The number of carbonyl (C=O) groups excluding carboxylic acids is 2. The van der Waals surface area contributed by atoms with Crippen molar-refractivity contribution in [1.29, 1.82) is 0 Å². The van der Waals surface area contributed by atoms with E-state index in [1.165, 1.54) is 18.2 Å². The molecule has 0 saturated carbocycles.